The van der Waals surface area contributed by atoms with Crippen LogP contribution in [0.25, 0.3) is 0 Å². The van der Waals surface area contributed by atoms with Gasteiger partial charge in [0.2, 0.25) is 0 Å². The topological polar surface area (TPSA) is 73.8 Å². The Kier molecular flexibility index (Phi) is 5.13. The van der Waals surface area contributed by atoms with E-state index in [0.717, 1.165) is 55.5 Å². The molecule has 2 aliphatic rings. The lowest BCUT2D eigenvalue weighted by Crippen LogP contribution is -2.38. The lowest BCUT2D eigenvalue weighted by Gasteiger charge is -2.27. The molecular formula is C20H27N5O2. The Morgan fingerprint density at radius 2 is 2.19 bits per heavy atom. The molecule has 7 nitrogen and oxygen atoms in total. The third-order valence-corrected chi connectivity index (χ3v) is 5.10. The fourth-order valence-electron chi connectivity index (χ4n) is 3.93. The largest absolute Gasteiger partial charge is 0.493 e. The lowest BCUT2D eigenvalue weighted by atomic mass is 10.1. The van der Waals surface area contributed by atoms with Crippen molar-refractivity contribution in [3.8, 4) is 5.75 Å². The van der Waals surface area contributed by atoms with Crippen LogP contribution in [0, 0.1) is 0 Å². The molecule has 0 radical (unpaired) electrons. The number of aromatic nitrogens is 2. The maximum absolute atomic E-state index is 10.1. The van der Waals surface area contributed by atoms with Gasteiger partial charge in [0.25, 0.3) is 0 Å². The van der Waals surface area contributed by atoms with E-state index in [1.807, 2.05) is 18.2 Å². The number of hydrogen-bond donors (Lipinski definition) is 2. The number of aryl methyl sites for hydroxylation is 1. The van der Waals surface area contributed by atoms with Crippen molar-refractivity contribution in [2.24, 2.45) is 0 Å². The number of rotatable bonds is 5. The first-order chi connectivity index (χ1) is 13.1. The maximum atomic E-state index is 10.1. The van der Waals surface area contributed by atoms with Crippen LogP contribution in [0.4, 0.5) is 17.3 Å². The Morgan fingerprint density at radius 3 is 3.04 bits per heavy atom. The van der Waals surface area contributed by atoms with Crippen molar-refractivity contribution in [3.05, 3.63) is 36.2 Å². The molecule has 1 aromatic carbocycles. The molecule has 7 heteroatoms. The molecule has 0 amide bonds. The van der Waals surface area contributed by atoms with Crippen LogP contribution >= 0.6 is 0 Å². The van der Waals surface area contributed by atoms with Crippen LogP contribution in [-0.2, 0) is 6.42 Å². The van der Waals surface area contributed by atoms with Gasteiger partial charge in [0.15, 0.2) is 0 Å². The summed E-state index contributed by atoms with van der Waals surface area (Å²) in [5, 5.41) is 13.5. The number of anilines is 3. The van der Waals surface area contributed by atoms with Crippen LogP contribution in [0.15, 0.2) is 30.6 Å². The van der Waals surface area contributed by atoms with Crippen molar-refractivity contribution >= 4 is 17.3 Å². The Balaban J connectivity index is 1.52. The first-order valence-corrected chi connectivity index (χ1v) is 9.53. The van der Waals surface area contributed by atoms with E-state index in [4.69, 9.17) is 4.74 Å². The number of hydrogen-bond acceptors (Lipinski definition) is 7. The second-order valence-electron chi connectivity index (χ2n) is 7.62. The summed E-state index contributed by atoms with van der Waals surface area (Å²) in [5.74, 6) is 2.58. The van der Waals surface area contributed by atoms with Gasteiger partial charge in [-0.25, -0.2) is 9.97 Å². The van der Waals surface area contributed by atoms with Gasteiger partial charge in [-0.2, -0.15) is 0 Å². The molecule has 2 atom stereocenters. The molecule has 0 saturated carbocycles. The molecule has 1 aromatic heterocycles. The zero-order valence-electron chi connectivity index (χ0n) is 15.9. The third-order valence-electron chi connectivity index (χ3n) is 5.10. The standard InChI is InChI=1S/C20H27N5O2/c1-24(2)11-16-9-17(26)12-25(16)20-10-19(21-13-22-20)23-15-5-6-18-14(8-15)4-3-7-27-18/h5-6,8,10,13,16-17,26H,3-4,7,9,11-12H2,1-2H3,(H,21,22,23)/t16-,17-/m1/s1. The van der Waals surface area contributed by atoms with Crippen LogP contribution in [0.3, 0.4) is 0 Å². The minimum Gasteiger partial charge on any atom is -0.493 e. The predicted molar refractivity (Wildman–Crippen MR) is 106 cm³/mol. The average Bonchev–Trinajstić information content (AvgIpc) is 3.01. The van der Waals surface area contributed by atoms with Gasteiger partial charge in [-0.15, -0.1) is 0 Å². The van der Waals surface area contributed by atoms with Gasteiger partial charge in [-0.1, -0.05) is 0 Å². The molecule has 4 rings (SSSR count). The monoisotopic (exact) mass is 369 g/mol. The van der Waals surface area contributed by atoms with E-state index in [9.17, 15) is 5.11 Å². The molecule has 1 saturated heterocycles. The zero-order chi connectivity index (χ0) is 18.8. The van der Waals surface area contributed by atoms with Gasteiger partial charge in [0, 0.05) is 30.9 Å². The minimum absolute atomic E-state index is 0.249. The maximum Gasteiger partial charge on any atom is 0.135 e. The molecule has 2 aromatic rings. The number of benzene rings is 1. The highest BCUT2D eigenvalue weighted by molar-refractivity contribution is 5.62. The second-order valence-corrected chi connectivity index (χ2v) is 7.62. The van der Waals surface area contributed by atoms with Gasteiger partial charge >= 0.3 is 0 Å². The summed E-state index contributed by atoms with van der Waals surface area (Å²) in [7, 11) is 4.10. The van der Waals surface area contributed by atoms with Crippen molar-refractivity contribution in [3.63, 3.8) is 0 Å². The molecule has 2 N–H and O–H groups in total. The SMILES string of the molecule is CN(C)C[C@H]1C[C@@H](O)CN1c1cc(Nc2ccc3c(c2)CCCO3)ncn1. The fourth-order valence-corrected chi connectivity index (χ4v) is 3.93. The number of β-amino-alcohol motifs (C(OH)–C–C–N with tert-alkyl or cyclic N) is 1. The molecule has 27 heavy (non-hydrogen) atoms. The summed E-state index contributed by atoms with van der Waals surface area (Å²) in [6, 6.07) is 8.36. The Morgan fingerprint density at radius 1 is 1.30 bits per heavy atom. The Bertz CT molecular complexity index is 798. The number of nitrogens with one attached hydrogen (secondary N) is 1. The fraction of sp³-hybridized carbons (Fsp3) is 0.500. The first kappa shape index (κ1) is 18.0. The average molecular weight is 369 g/mol. The van der Waals surface area contributed by atoms with Gasteiger partial charge in [0.05, 0.1) is 12.7 Å². The Hall–Kier alpha value is -2.38. The predicted octanol–water partition coefficient (Wildman–Crippen LogP) is 2.05. The van der Waals surface area contributed by atoms with Crippen LogP contribution in [0.2, 0.25) is 0 Å². The van der Waals surface area contributed by atoms with Crippen LogP contribution in [-0.4, -0.2) is 65.9 Å². The second kappa shape index (κ2) is 7.70. The van der Waals surface area contributed by atoms with Crippen LogP contribution in [0.1, 0.15) is 18.4 Å². The van der Waals surface area contributed by atoms with E-state index in [1.54, 1.807) is 6.33 Å². The normalized spacial score (nSPS) is 21.9. The van der Waals surface area contributed by atoms with Gasteiger partial charge < -0.3 is 25.0 Å². The van der Waals surface area contributed by atoms with Crippen LogP contribution < -0.4 is 15.0 Å². The molecule has 0 aliphatic carbocycles. The number of nitrogens with zero attached hydrogens (tertiary/aromatic N) is 4. The number of aliphatic hydroxyl groups is 1. The molecular weight excluding hydrogens is 342 g/mol. The summed E-state index contributed by atoms with van der Waals surface area (Å²) in [6.45, 7) is 2.28. The van der Waals surface area contributed by atoms with Gasteiger partial charge in [-0.05, 0) is 57.1 Å². The summed E-state index contributed by atoms with van der Waals surface area (Å²) in [5.41, 5.74) is 2.23. The molecule has 0 spiro atoms. The van der Waals surface area contributed by atoms with Crippen LogP contribution in [0.5, 0.6) is 5.75 Å². The number of likely N-dealkylation sites (N-methyl/N-ethyl adjacent to an activating group) is 1. The van der Waals surface area contributed by atoms with Gasteiger partial charge in [-0.3, -0.25) is 0 Å². The highest BCUT2D eigenvalue weighted by Gasteiger charge is 2.32. The smallest absolute Gasteiger partial charge is 0.135 e. The number of ether oxygens (including phenoxy) is 1. The van der Waals surface area contributed by atoms with E-state index < -0.39 is 0 Å². The van der Waals surface area contributed by atoms with Crippen molar-refractivity contribution in [1.82, 2.24) is 14.9 Å². The molecule has 3 heterocycles. The summed E-state index contributed by atoms with van der Waals surface area (Å²) < 4.78 is 5.68. The molecule has 0 unspecified atom stereocenters. The lowest BCUT2D eigenvalue weighted by molar-refractivity contribution is 0.191. The third kappa shape index (κ3) is 4.14. The molecule has 1 fully saturated rings. The quantitative estimate of drug-likeness (QED) is 0.835. The first-order valence-electron chi connectivity index (χ1n) is 9.53. The molecule has 144 valence electrons. The van der Waals surface area contributed by atoms with Gasteiger partial charge in [0.1, 0.15) is 23.7 Å². The molecule has 2 aliphatic heterocycles. The van der Waals surface area contributed by atoms with Crippen molar-refractivity contribution in [2.45, 2.75) is 31.4 Å². The zero-order valence-corrected chi connectivity index (χ0v) is 15.9. The molecule has 0 bridgehead atoms. The Labute approximate surface area is 160 Å². The highest BCUT2D eigenvalue weighted by atomic mass is 16.5. The highest BCUT2D eigenvalue weighted by Crippen LogP contribution is 2.30. The van der Waals surface area contributed by atoms with E-state index in [0.29, 0.717) is 6.54 Å². The van der Waals surface area contributed by atoms with E-state index >= 15 is 0 Å². The van der Waals surface area contributed by atoms with Crippen molar-refractivity contribution < 1.29 is 9.84 Å². The number of aliphatic hydroxyl groups excluding tert-OH is 1. The summed E-state index contributed by atoms with van der Waals surface area (Å²) in [4.78, 5) is 13.1. The van der Waals surface area contributed by atoms with E-state index in [1.165, 1.54) is 5.56 Å². The summed E-state index contributed by atoms with van der Waals surface area (Å²) in [6.07, 6.45) is 4.12. The minimum atomic E-state index is -0.318. The summed E-state index contributed by atoms with van der Waals surface area (Å²) >= 11 is 0. The number of fused-ring (bicyclic) bond motifs is 1. The van der Waals surface area contributed by atoms with E-state index in [2.05, 4.69) is 45.2 Å². The van der Waals surface area contributed by atoms with Crippen molar-refractivity contribution in [1.29, 1.82) is 0 Å². The van der Waals surface area contributed by atoms with Crippen molar-refractivity contribution in [2.75, 3.05) is 44.0 Å². The van der Waals surface area contributed by atoms with E-state index in [-0.39, 0.29) is 12.1 Å².